The lowest BCUT2D eigenvalue weighted by molar-refractivity contribution is 0.0767. The molecule has 1 atom stereocenters. The zero-order chi connectivity index (χ0) is 19.8. The van der Waals surface area contributed by atoms with Crippen LogP contribution in [-0.2, 0) is 0 Å². The van der Waals surface area contributed by atoms with Gasteiger partial charge in [-0.1, -0.05) is 18.2 Å². The van der Waals surface area contributed by atoms with E-state index >= 15 is 0 Å². The first-order valence-electron chi connectivity index (χ1n) is 11.3. The standard InChI is InChI=1S/C24H32N4O/c1-27-13-10-19(11-14-27)28-12-4-5-18(16-28)25-24(29)21-15-23(17-8-9-17)26-22-7-3-2-6-20(21)22/h2-3,6-7,15,17-19H,4-5,8-14,16H2,1H3,(H,25,29)/t18-/m1/s1. The molecule has 2 aromatic rings. The van der Waals surface area contributed by atoms with Gasteiger partial charge >= 0.3 is 0 Å². The van der Waals surface area contributed by atoms with Crippen molar-refractivity contribution in [2.45, 2.75) is 56.5 Å². The molecule has 3 fully saturated rings. The number of nitrogens with one attached hydrogen (secondary N) is 1. The molecule has 1 N–H and O–H groups in total. The maximum absolute atomic E-state index is 13.3. The number of nitrogens with zero attached hydrogens (tertiary/aromatic N) is 3. The van der Waals surface area contributed by atoms with Crippen molar-refractivity contribution < 1.29 is 4.79 Å². The van der Waals surface area contributed by atoms with Crippen LogP contribution in [0.4, 0.5) is 0 Å². The van der Waals surface area contributed by atoms with Crippen LogP contribution in [0, 0.1) is 0 Å². The molecule has 0 radical (unpaired) electrons. The highest BCUT2D eigenvalue weighted by molar-refractivity contribution is 6.06. The molecule has 1 amide bonds. The van der Waals surface area contributed by atoms with Gasteiger partial charge in [0.1, 0.15) is 0 Å². The average molecular weight is 393 g/mol. The van der Waals surface area contributed by atoms with Crippen molar-refractivity contribution in [3.8, 4) is 0 Å². The number of likely N-dealkylation sites (tertiary alicyclic amines) is 2. The molecule has 0 unspecified atom stereocenters. The van der Waals surface area contributed by atoms with Gasteiger partial charge in [-0.05, 0) is 77.3 Å². The van der Waals surface area contributed by atoms with Crippen molar-refractivity contribution in [3.63, 3.8) is 0 Å². The van der Waals surface area contributed by atoms with Crippen LogP contribution in [0.15, 0.2) is 30.3 Å². The molecule has 3 aliphatic rings. The SMILES string of the molecule is CN1CCC(N2CCC[C@@H](NC(=O)c3cc(C4CC4)nc4ccccc34)C2)CC1. The number of carbonyl (C=O) groups excluding carboxylic acids is 1. The van der Waals surface area contributed by atoms with Crippen LogP contribution in [0.3, 0.4) is 0 Å². The van der Waals surface area contributed by atoms with Crippen molar-refractivity contribution in [1.82, 2.24) is 20.1 Å². The van der Waals surface area contributed by atoms with Gasteiger partial charge in [-0.15, -0.1) is 0 Å². The van der Waals surface area contributed by atoms with Crippen molar-refractivity contribution in [1.29, 1.82) is 0 Å². The van der Waals surface area contributed by atoms with Crippen LogP contribution >= 0.6 is 0 Å². The number of hydrogen-bond acceptors (Lipinski definition) is 4. The van der Waals surface area contributed by atoms with Crippen LogP contribution in [0.25, 0.3) is 10.9 Å². The van der Waals surface area contributed by atoms with Gasteiger partial charge in [0.2, 0.25) is 0 Å². The highest BCUT2D eigenvalue weighted by atomic mass is 16.1. The van der Waals surface area contributed by atoms with E-state index in [1.807, 2.05) is 30.3 Å². The molecule has 154 valence electrons. The molecule has 5 heteroatoms. The van der Waals surface area contributed by atoms with E-state index in [2.05, 4.69) is 22.2 Å². The van der Waals surface area contributed by atoms with Crippen LogP contribution in [-0.4, -0.2) is 66.0 Å². The Bertz CT molecular complexity index is 886. The fourth-order valence-electron chi connectivity index (χ4n) is 5.05. The Morgan fingerprint density at radius 2 is 1.86 bits per heavy atom. The lowest BCUT2D eigenvalue weighted by Crippen LogP contribution is -2.53. The van der Waals surface area contributed by atoms with Crippen molar-refractivity contribution in [3.05, 3.63) is 41.6 Å². The van der Waals surface area contributed by atoms with Gasteiger partial charge in [-0.3, -0.25) is 14.7 Å². The Kier molecular flexibility index (Phi) is 5.27. The Labute approximate surface area is 173 Å². The second-order valence-corrected chi connectivity index (χ2v) is 9.23. The average Bonchev–Trinajstić information content (AvgIpc) is 3.59. The molecule has 29 heavy (non-hydrogen) atoms. The summed E-state index contributed by atoms with van der Waals surface area (Å²) in [5, 5.41) is 4.34. The van der Waals surface area contributed by atoms with Gasteiger partial charge < -0.3 is 10.2 Å². The van der Waals surface area contributed by atoms with Gasteiger partial charge in [0.15, 0.2) is 0 Å². The van der Waals surface area contributed by atoms with Crippen molar-refractivity contribution in [2.75, 3.05) is 33.2 Å². The Morgan fingerprint density at radius 3 is 2.66 bits per heavy atom. The molecule has 3 heterocycles. The predicted octanol–water partition coefficient (Wildman–Crippen LogP) is 3.40. The van der Waals surface area contributed by atoms with Crippen LogP contribution in [0.1, 0.15) is 60.5 Å². The molecule has 1 aromatic heterocycles. The lowest BCUT2D eigenvalue weighted by atomic mass is 9.97. The van der Waals surface area contributed by atoms with Gasteiger partial charge in [-0.25, -0.2) is 0 Å². The van der Waals surface area contributed by atoms with Crippen LogP contribution in [0.2, 0.25) is 0 Å². The van der Waals surface area contributed by atoms with E-state index in [4.69, 9.17) is 4.98 Å². The summed E-state index contributed by atoms with van der Waals surface area (Å²) in [6.07, 6.45) is 7.13. The lowest BCUT2D eigenvalue weighted by Gasteiger charge is -2.41. The first-order chi connectivity index (χ1) is 14.2. The Morgan fingerprint density at radius 1 is 1.07 bits per heavy atom. The summed E-state index contributed by atoms with van der Waals surface area (Å²) in [6.45, 7) is 4.53. The number of pyridine rings is 1. The molecule has 5 rings (SSSR count). The molecular weight excluding hydrogens is 360 g/mol. The number of carbonyl (C=O) groups is 1. The number of para-hydroxylation sites is 1. The van der Waals surface area contributed by atoms with Gasteiger partial charge in [0, 0.05) is 35.6 Å². The third-order valence-electron chi connectivity index (χ3n) is 6.97. The third kappa shape index (κ3) is 4.17. The maximum atomic E-state index is 13.3. The fourth-order valence-corrected chi connectivity index (χ4v) is 5.05. The summed E-state index contributed by atoms with van der Waals surface area (Å²) in [5.41, 5.74) is 2.83. The summed E-state index contributed by atoms with van der Waals surface area (Å²) >= 11 is 0. The molecule has 5 nitrogen and oxygen atoms in total. The molecule has 1 aliphatic carbocycles. The molecule has 2 saturated heterocycles. The van der Waals surface area contributed by atoms with Gasteiger partial charge in [-0.2, -0.15) is 0 Å². The van der Waals surface area contributed by atoms with E-state index in [0.717, 1.165) is 35.1 Å². The minimum Gasteiger partial charge on any atom is -0.348 e. The number of hydrogen-bond donors (Lipinski definition) is 1. The topological polar surface area (TPSA) is 48.5 Å². The van der Waals surface area contributed by atoms with E-state index in [1.165, 1.54) is 51.7 Å². The first-order valence-corrected chi connectivity index (χ1v) is 11.3. The summed E-state index contributed by atoms with van der Waals surface area (Å²) in [7, 11) is 2.21. The Hall–Kier alpha value is -1.98. The number of rotatable bonds is 4. The zero-order valence-electron chi connectivity index (χ0n) is 17.4. The number of amides is 1. The molecule has 0 spiro atoms. The molecular formula is C24H32N4O. The molecule has 0 bridgehead atoms. The smallest absolute Gasteiger partial charge is 0.252 e. The van der Waals surface area contributed by atoms with Gasteiger partial charge in [0.05, 0.1) is 11.1 Å². The second-order valence-electron chi connectivity index (χ2n) is 9.23. The molecule has 2 aliphatic heterocycles. The minimum absolute atomic E-state index is 0.0701. The molecule has 1 aromatic carbocycles. The van der Waals surface area contributed by atoms with Crippen molar-refractivity contribution in [2.24, 2.45) is 0 Å². The van der Waals surface area contributed by atoms with E-state index in [9.17, 15) is 4.79 Å². The number of fused-ring (bicyclic) bond motifs is 1. The Balaban J connectivity index is 1.31. The zero-order valence-corrected chi connectivity index (χ0v) is 17.4. The first kappa shape index (κ1) is 19.0. The van der Waals surface area contributed by atoms with E-state index < -0.39 is 0 Å². The van der Waals surface area contributed by atoms with Crippen molar-refractivity contribution >= 4 is 16.8 Å². The van der Waals surface area contributed by atoms with Crippen LogP contribution in [0.5, 0.6) is 0 Å². The fraction of sp³-hybridized carbons (Fsp3) is 0.583. The van der Waals surface area contributed by atoms with Gasteiger partial charge in [0.25, 0.3) is 5.91 Å². The number of piperidine rings is 2. The number of benzene rings is 1. The summed E-state index contributed by atoms with van der Waals surface area (Å²) in [4.78, 5) is 23.1. The summed E-state index contributed by atoms with van der Waals surface area (Å²) < 4.78 is 0. The van der Waals surface area contributed by atoms with E-state index in [0.29, 0.717) is 12.0 Å². The highest BCUT2D eigenvalue weighted by Crippen LogP contribution is 2.40. The predicted molar refractivity (Wildman–Crippen MR) is 116 cm³/mol. The normalized spacial score (nSPS) is 24.7. The third-order valence-corrected chi connectivity index (χ3v) is 6.97. The monoisotopic (exact) mass is 392 g/mol. The van der Waals surface area contributed by atoms with E-state index in [-0.39, 0.29) is 11.9 Å². The quantitative estimate of drug-likeness (QED) is 0.866. The highest BCUT2D eigenvalue weighted by Gasteiger charge is 2.30. The largest absolute Gasteiger partial charge is 0.348 e. The summed E-state index contributed by atoms with van der Waals surface area (Å²) in [6, 6.07) is 11.0. The minimum atomic E-state index is 0.0701. The van der Waals surface area contributed by atoms with E-state index in [1.54, 1.807) is 0 Å². The second kappa shape index (κ2) is 8.04. The maximum Gasteiger partial charge on any atom is 0.252 e. The molecule has 1 saturated carbocycles. The van der Waals surface area contributed by atoms with Crippen LogP contribution < -0.4 is 5.32 Å². The summed E-state index contributed by atoms with van der Waals surface area (Å²) in [5.74, 6) is 0.612. The number of aromatic nitrogens is 1.